The average molecular weight is 201 g/mol. The van der Waals surface area contributed by atoms with Crippen molar-refractivity contribution in [2.45, 2.75) is 19.4 Å². The SMILES string of the molecule is CO[C@@H]1CN(C(C)=O)CC[C@@H]1C(=O)O. The van der Waals surface area contributed by atoms with Crippen molar-refractivity contribution >= 4 is 11.9 Å². The van der Waals surface area contributed by atoms with Crippen LogP contribution in [0.5, 0.6) is 0 Å². The summed E-state index contributed by atoms with van der Waals surface area (Å²) < 4.78 is 5.07. The maximum Gasteiger partial charge on any atom is 0.309 e. The molecule has 0 aromatic rings. The van der Waals surface area contributed by atoms with Gasteiger partial charge >= 0.3 is 5.97 Å². The van der Waals surface area contributed by atoms with E-state index in [-0.39, 0.29) is 12.0 Å². The Labute approximate surface area is 82.6 Å². The molecule has 1 heterocycles. The van der Waals surface area contributed by atoms with E-state index in [2.05, 4.69) is 0 Å². The molecule has 1 rings (SSSR count). The Morgan fingerprint density at radius 1 is 1.50 bits per heavy atom. The zero-order chi connectivity index (χ0) is 10.7. The maximum atomic E-state index is 11.1. The first kappa shape index (κ1) is 11.0. The van der Waals surface area contributed by atoms with Crippen LogP contribution in [0.2, 0.25) is 0 Å². The Kier molecular flexibility index (Phi) is 3.46. The fourth-order valence-corrected chi connectivity index (χ4v) is 1.72. The van der Waals surface area contributed by atoms with Crippen molar-refractivity contribution in [1.29, 1.82) is 0 Å². The quantitative estimate of drug-likeness (QED) is 0.680. The minimum atomic E-state index is -0.847. The van der Waals surface area contributed by atoms with Gasteiger partial charge in [-0.15, -0.1) is 0 Å². The molecule has 1 N–H and O–H groups in total. The number of nitrogens with zero attached hydrogens (tertiary/aromatic N) is 1. The smallest absolute Gasteiger partial charge is 0.309 e. The predicted molar refractivity (Wildman–Crippen MR) is 48.8 cm³/mol. The highest BCUT2D eigenvalue weighted by Crippen LogP contribution is 2.20. The highest BCUT2D eigenvalue weighted by molar-refractivity contribution is 5.75. The van der Waals surface area contributed by atoms with Gasteiger partial charge in [0.15, 0.2) is 0 Å². The lowest BCUT2D eigenvalue weighted by Crippen LogP contribution is -2.48. The summed E-state index contributed by atoms with van der Waals surface area (Å²) in [5.41, 5.74) is 0. The number of methoxy groups -OCH3 is 1. The molecule has 0 aliphatic carbocycles. The molecule has 0 bridgehead atoms. The topological polar surface area (TPSA) is 66.8 Å². The molecule has 14 heavy (non-hydrogen) atoms. The number of carboxylic acid groups (broad SMARTS) is 1. The lowest BCUT2D eigenvalue weighted by Gasteiger charge is -2.35. The first-order valence-electron chi connectivity index (χ1n) is 4.57. The number of ether oxygens (including phenoxy) is 1. The van der Waals surface area contributed by atoms with Gasteiger partial charge < -0.3 is 14.7 Å². The van der Waals surface area contributed by atoms with Crippen LogP contribution >= 0.6 is 0 Å². The number of piperidine rings is 1. The zero-order valence-corrected chi connectivity index (χ0v) is 8.40. The molecule has 1 fully saturated rings. The van der Waals surface area contributed by atoms with Crippen LogP contribution in [0.1, 0.15) is 13.3 Å². The molecule has 2 atom stereocenters. The van der Waals surface area contributed by atoms with Crippen LogP contribution in [-0.2, 0) is 14.3 Å². The molecule has 0 saturated carbocycles. The molecule has 0 unspecified atom stereocenters. The second-order valence-electron chi connectivity index (χ2n) is 3.47. The third-order valence-corrected chi connectivity index (χ3v) is 2.62. The van der Waals surface area contributed by atoms with Crippen molar-refractivity contribution in [3.05, 3.63) is 0 Å². The molecule has 1 aliphatic heterocycles. The molecule has 5 nitrogen and oxygen atoms in total. The minimum Gasteiger partial charge on any atom is -0.481 e. The van der Waals surface area contributed by atoms with Crippen LogP contribution in [-0.4, -0.2) is 48.2 Å². The first-order chi connectivity index (χ1) is 6.56. The maximum absolute atomic E-state index is 11.1. The number of carbonyl (C=O) groups is 2. The summed E-state index contributed by atoms with van der Waals surface area (Å²) in [5, 5.41) is 8.88. The van der Waals surface area contributed by atoms with E-state index in [4.69, 9.17) is 9.84 Å². The standard InChI is InChI=1S/C9H15NO4/c1-6(11)10-4-3-7(9(12)13)8(5-10)14-2/h7-8H,3-5H2,1-2H3,(H,12,13)/t7-,8+/m0/s1. The van der Waals surface area contributed by atoms with Gasteiger partial charge in [0, 0.05) is 27.1 Å². The number of hydrogen-bond donors (Lipinski definition) is 1. The summed E-state index contributed by atoms with van der Waals surface area (Å²) >= 11 is 0. The van der Waals surface area contributed by atoms with Crippen LogP contribution in [0.15, 0.2) is 0 Å². The van der Waals surface area contributed by atoms with Crippen molar-refractivity contribution < 1.29 is 19.4 Å². The average Bonchev–Trinajstić information content (AvgIpc) is 2.16. The molecule has 80 valence electrons. The van der Waals surface area contributed by atoms with Crippen LogP contribution in [0.3, 0.4) is 0 Å². The predicted octanol–water partition coefficient (Wildman–Crippen LogP) is -0.0456. The number of amides is 1. The summed E-state index contributed by atoms with van der Waals surface area (Å²) in [6.45, 7) is 2.36. The molecule has 0 aromatic carbocycles. The Bertz CT molecular complexity index is 241. The van der Waals surface area contributed by atoms with Gasteiger partial charge in [0.2, 0.25) is 5.91 Å². The van der Waals surface area contributed by atoms with E-state index in [9.17, 15) is 9.59 Å². The Hall–Kier alpha value is -1.10. The second kappa shape index (κ2) is 4.41. The van der Waals surface area contributed by atoms with Gasteiger partial charge in [-0.25, -0.2) is 0 Å². The first-order valence-corrected chi connectivity index (χ1v) is 4.57. The molecular formula is C9H15NO4. The van der Waals surface area contributed by atoms with E-state index in [1.807, 2.05) is 0 Å². The van der Waals surface area contributed by atoms with Crippen LogP contribution in [0, 0.1) is 5.92 Å². The fourth-order valence-electron chi connectivity index (χ4n) is 1.72. The van der Waals surface area contributed by atoms with Gasteiger partial charge in [0.1, 0.15) is 0 Å². The molecular weight excluding hydrogens is 186 g/mol. The van der Waals surface area contributed by atoms with Gasteiger partial charge in [0.05, 0.1) is 12.0 Å². The van der Waals surface area contributed by atoms with Crippen molar-refractivity contribution in [2.24, 2.45) is 5.92 Å². The normalized spacial score (nSPS) is 27.4. The second-order valence-corrected chi connectivity index (χ2v) is 3.47. The fraction of sp³-hybridized carbons (Fsp3) is 0.778. The molecule has 5 heteroatoms. The molecule has 0 aromatic heterocycles. The number of hydrogen-bond acceptors (Lipinski definition) is 3. The number of likely N-dealkylation sites (tertiary alicyclic amines) is 1. The van der Waals surface area contributed by atoms with Crippen LogP contribution < -0.4 is 0 Å². The Balaban J connectivity index is 2.63. The van der Waals surface area contributed by atoms with Gasteiger partial charge in [0.25, 0.3) is 0 Å². The van der Waals surface area contributed by atoms with Gasteiger partial charge in [-0.3, -0.25) is 9.59 Å². The monoisotopic (exact) mass is 201 g/mol. The highest BCUT2D eigenvalue weighted by Gasteiger charge is 2.34. The van der Waals surface area contributed by atoms with Crippen molar-refractivity contribution in [2.75, 3.05) is 20.2 Å². The lowest BCUT2D eigenvalue weighted by molar-refractivity contribution is -0.153. The molecule has 0 radical (unpaired) electrons. The Morgan fingerprint density at radius 3 is 2.57 bits per heavy atom. The largest absolute Gasteiger partial charge is 0.481 e. The summed E-state index contributed by atoms with van der Waals surface area (Å²) in [6.07, 6.45) is 0.0816. The molecule has 1 saturated heterocycles. The third kappa shape index (κ3) is 2.23. The molecule has 0 spiro atoms. The van der Waals surface area contributed by atoms with Crippen LogP contribution in [0.4, 0.5) is 0 Å². The number of rotatable bonds is 2. The summed E-state index contributed by atoms with van der Waals surface area (Å²) in [5.74, 6) is -1.37. The minimum absolute atomic E-state index is 0.0316. The number of aliphatic carboxylic acids is 1. The highest BCUT2D eigenvalue weighted by atomic mass is 16.5. The van der Waals surface area contributed by atoms with Gasteiger partial charge in [-0.2, -0.15) is 0 Å². The Morgan fingerprint density at radius 2 is 2.14 bits per heavy atom. The van der Waals surface area contributed by atoms with E-state index >= 15 is 0 Å². The molecule has 1 aliphatic rings. The zero-order valence-electron chi connectivity index (χ0n) is 8.40. The van der Waals surface area contributed by atoms with E-state index in [0.29, 0.717) is 19.5 Å². The number of carbonyl (C=O) groups excluding carboxylic acids is 1. The van der Waals surface area contributed by atoms with E-state index < -0.39 is 11.9 Å². The summed E-state index contributed by atoms with van der Waals surface area (Å²) in [7, 11) is 1.48. The van der Waals surface area contributed by atoms with Gasteiger partial charge in [-0.05, 0) is 6.42 Å². The van der Waals surface area contributed by atoms with Crippen LogP contribution in [0.25, 0.3) is 0 Å². The number of carboxylic acids is 1. The van der Waals surface area contributed by atoms with Crippen molar-refractivity contribution in [3.63, 3.8) is 0 Å². The van der Waals surface area contributed by atoms with E-state index in [0.717, 1.165) is 0 Å². The summed E-state index contributed by atoms with van der Waals surface area (Å²) in [4.78, 5) is 23.5. The third-order valence-electron chi connectivity index (χ3n) is 2.62. The van der Waals surface area contributed by atoms with E-state index in [1.54, 1.807) is 4.90 Å². The summed E-state index contributed by atoms with van der Waals surface area (Å²) in [6, 6.07) is 0. The van der Waals surface area contributed by atoms with Gasteiger partial charge in [-0.1, -0.05) is 0 Å². The van der Waals surface area contributed by atoms with Crippen molar-refractivity contribution in [1.82, 2.24) is 4.90 Å². The van der Waals surface area contributed by atoms with E-state index in [1.165, 1.54) is 14.0 Å². The molecule has 1 amide bonds. The van der Waals surface area contributed by atoms with Crippen molar-refractivity contribution in [3.8, 4) is 0 Å². The lowest BCUT2D eigenvalue weighted by atomic mass is 9.94.